The zero-order valence-corrected chi connectivity index (χ0v) is 10.6. The molecule has 1 aliphatic heterocycles. The third-order valence-electron chi connectivity index (χ3n) is 3.12. The topological polar surface area (TPSA) is 80.7 Å². The van der Waals surface area contributed by atoms with Crippen molar-refractivity contribution in [2.45, 2.75) is 25.8 Å². The summed E-state index contributed by atoms with van der Waals surface area (Å²) in [5, 5.41) is 13.0. The first kappa shape index (κ1) is 13.3. The molecule has 0 unspecified atom stereocenters. The van der Waals surface area contributed by atoms with E-state index in [2.05, 4.69) is 5.10 Å². The van der Waals surface area contributed by atoms with E-state index in [1.54, 1.807) is 23.2 Å². The van der Waals surface area contributed by atoms with Crippen LogP contribution in [0.4, 0.5) is 0 Å². The molecule has 7 heteroatoms. The number of hydrogen-bond acceptors (Lipinski definition) is 3. The molecule has 1 amide bonds. The third kappa shape index (κ3) is 3.64. The summed E-state index contributed by atoms with van der Waals surface area (Å²) >= 11 is 0. The molecule has 102 valence electrons. The molecule has 1 aliphatic rings. The Morgan fingerprint density at radius 3 is 2.74 bits per heavy atom. The Hall–Kier alpha value is -2.18. The number of rotatable bonds is 3. The largest absolute Gasteiger partial charge is 0.341 e. The Morgan fingerprint density at radius 1 is 1.32 bits per heavy atom. The third-order valence-corrected chi connectivity index (χ3v) is 3.12. The number of aromatic nitrogens is 1. The lowest BCUT2D eigenvalue weighted by Gasteiger charge is -2.26. The van der Waals surface area contributed by atoms with Crippen LogP contribution in [0.3, 0.4) is 0 Å². The van der Waals surface area contributed by atoms with Gasteiger partial charge in [-0.1, -0.05) is 6.07 Å². The van der Waals surface area contributed by atoms with Crippen molar-refractivity contribution in [3.05, 3.63) is 40.0 Å². The van der Waals surface area contributed by atoms with Crippen LogP contribution >= 0.6 is 0 Å². The number of carbonyl (C=O) groups excluding carboxylic acids is 1. The van der Waals surface area contributed by atoms with Gasteiger partial charge in [-0.25, -0.2) is 10.1 Å². The maximum absolute atomic E-state index is 12.1. The van der Waals surface area contributed by atoms with Gasteiger partial charge in [0.05, 0.1) is 5.10 Å². The number of pyridine rings is 1. The van der Waals surface area contributed by atoms with Gasteiger partial charge >= 0.3 is 0 Å². The van der Waals surface area contributed by atoms with Gasteiger partial charge in [0.25, 0.3) is 0 Å². The van der Waals surface area contributed by atoms with Crippen LogP contribution < -0.4 is 5.49 Å². The molecule has 1 aromatic rings. The van der Waals surface area contributed by atoms with Gasteiger partial charge in [0.2, 0.25) is 11.4 Å². The molecule has 0 spiro atoms. The van der Waals surface area contributed by atoms with Crippen molar-refractivity contribution in [3.8, 4) is 0 Å². The number of amides is 1. The van der Waals surface area contributed by atoms with E-state index in [9.17, 15) is 14.9 Å². The summed E-state index contributed by atoms with van der Waals surface area (Å²) in [5.41, 5.74) is 0.179. The normalized spacial score (nSPS) is 16.4. The SMILES string of the molecule is O=C(Cn1cccc/c1=N\[N+](=O)[O-])N1CCCCC1. The number of carbonyl (C=O) groups is 1. The molecule has 19 heavy (non-hydrogen) atoms. The molecule has 0 aromatic carbocycles. The lowest BCUT2D eigenvalue weighted by molar-refractivity contribution is -0.490. The van der Waals surface area contributed by atoms with Gasteiger partial charge in [0.1, 0.15) is 6.54 Å². The van der Waals surface area contributed by atoms with Gasteiger partial charge < -0.3 is 9.47 Å². The highest BCUT2D eigenvalue weighted by Crippen LogP contribution is 2.08. The van der Waals surface area contributed by atoms with E-state index in [1.807, 2.05) is 0 Å². The van der Waals surface area contributed by atoms with Crippen LogP contribution in [0.5, 0.6) is 0 Å². The fraction of sp³-hybridized carbons (Fsp3) is 0.500. The maximum Gasteiger partial charge on any atom is 0.242 e. The monoisotopic (exact) mass is 264 g/mol. The Balaban J connectivity index is 2.14. The molecule has 0 radical (unpaired) electrons. The highest BCUT2D eigenvalue weighted by molar-refractivity contribution is 5.76. The van der Waals surface area contributed by atoms with E-state index in [0.29, 0.717) is 0 Å². The van der Waals surface area contributed by atoms with Crippen molar-refractivity contribution in [2.24, 2.45) is 5.10 Å². The van der Waals surface area contributed by atoms with Gasteiger partial charge in [-0.2, -0.15) is 0 Å². The second-order valence-corrected chi connectivity index (χ2v) is 4.47. The predicted octanol–water partition coefficient (Wildman–Crippen LogP) is 0.593. The van der Waals surface area contributed by atoms with E-state index in [4.69, 9.17) is 0 Å². The minimum atomic E-state index is -0.753. The molecule has 2 rings (SSSR count). The maximum atomic E-state index is 12.1. The molecule has 1 fully saturated rings. The van der Waals surface area contributed by atoms with Crippen molar-refractivity contribution in [3.63, 3.8) is 0 Å². The smallest absolute Gasteiger partial charge is 0.242 e. The molecule has 7 nitrogen and oxygen atoms in total. The van der Waals surface area contributed by atoms with Crippen LogP contribution in [0.25, 0.3) is 0 Å². The van der Waals surface area contributed by atoms with Gasteiger partial charge in [-0.3, -0.25) is 4.79 Å². The Morgan fingerprint density at radius 2 is 2.05 bits per heavy atom. The number of nitrogens with zero attached hydrogens (tertiary/aromatic N) is 4. The zero-order chi connectivity index (χ0) is 13.7. The van der Waals surface area contributed by atoms with Crippen LogP contribution in [0.2, 0.25) is 0 Å². The van der Waals surface area contributed by atoms with E-state index in [-0.39, 0.29) is 17.9 Å². The van der Waals surface area contributed by atoms with Crippen LogP contribution in [-0.4, -0.2) is 33.5 Å². The molecule has 1 saturated heterocycles. The first-order valence-corrected chi connectivity index (χ1v) is 6.29. The lowest BCUT2D eigenvalue weighted by atomic mass is 10.1. The first-order valence-electron chi connectivity index (χ1n) is 6.29. The lowest BCUT2D eigenvalue weighted by Crippen LogP contribution is -2.39. The highest BCUT2D eigenvalue weighted by atomic mass is 16.7. The molecular formula is C12H16N4O3. The quantitative estimate of drug-likeness (QED) is 0.592. The molecule has 0 bridgehead atoms. The van der Waals surface area contributed by atoms with Crippen molar-refractivity contribution in [1.29, 1.82) is 0 Å². The van der Waals surface area contributed by atoms with Gasteiger partial charge in [-0.15, -0.1) is 0 Å². The van der Waals surface area contributed by atoms with Crippen LogP contribution in [-0.2, 0) is 11.3 Å². The van der Waals surface area contributed by atoms with Crippen LogP contribution in [0.1, 0.15) is 19.3 Å². The van der Waals surface area contributed by atoms with Crippen molar-refractivity contribution in [2.75, 3.05) is 13.1 Å². The fourth-order valence-corrected chi connectivity index (χ4v) is 2.16. The minimum absolute atomic E-state index is 0.0179. The van der Waals surface area contributed by atoms with E-state index in [0.717, 1.165) is 32.4 Å². The molecular weight excluding hydrogens is 248 g/mol. The van der Waals surface area contributed by atoms with Crippen LogP contribution in [0.15, 0.2) is 29.5 Å². The molecule has 2 heterocycles. The van der Waals surface area contributed by atoms with E-state index in [1.165, 1.54) is 10.6 Å². The molecule has 0 aliphatic carbocycles. The van der Waals surface area contributed by atoms with E-state index < -0.39 is 5.03 Å². The number of piperidine rings is 1. The molecule has 0 atom stereocenters. The summed E-state index contributed by atoms with van der Waals surface area (Å²) in [5.74, 6) is -0.0179. The van der Waals surface area contributed by atoms with Gasteiger partial charge in [-0.05, 0) is 31.4 Å². The Kier molecular flexibility index (Phi) is 4.27. The standard InChI is InChI=1S/C12H16N4O3/c17-12(14-7-3-1-4-8-14)10-15-9-5-2-6-11(15)13-16(18)19/h2,5-6,9H,1,3-4,7-8,10H2/b13-11+. The zero-order valence-electron chi connectivity index (χ0n) is 10.6. The summed E-state index contributed by atoms with van der Waals surface area (Å²) in [7, 11) is 0. The van der Waals surface area contributed by atoms with Crippen molar-refractivity contribution < 1.29 is 9.83 Å². The Labute approximate surface area is 110 Å². The summed E-state index contributed by atoms with van der Waals surface area (Å²) < 4.78 is 1.50. The average Bonchev–Trinajstić information content (AvgIpc) is 2.41. The number of nitro groups is 1. The molecule has 0 saturated carbocycles. The highest BCUT2D eigenvalue weighted by Gasteiger charge is 2.16. The second kappa shape index (κ2) is 6.12. The second-order valence-electron chi connectivity index (χ2n) is 4.47. The summed E-state index contributed by atoms with van der Waals surface area (Å²) in [6.07, 6.45) is 4.84. The van der Waals surface area contributed by atoms with Crippen LogP contribution in [0, 0.1) is 10.1 Å². The number of likely N-dealkylation sites (tertiary alicyclic amines) is 1. The van der Waals surface area contributed by atoms with Gasteiger partial charge in [0, 0.05) is 19.3 Å². The average molecular weight is 264 g/mol. The van der Waals surface area contributed by atoms with Crippen molar-refractivity contribution in [1.82, 2.24) is 9.47 Å². The first-order chi connectivity index (χ1) is 9.16. The van der Waals surface area contributed by atoms with E-state index >= 15 is 0 Å². The summed E-state index contributed by atoms with van der Waals surface area (Å²) in [4.78, 5) is 24.3. The Bertz CT molecular complexity index is 532. The summed E-state index contributed by atoms with van der Waals surface area (Å²) in [6, 6.07) is 4.90. The number of hydrogen-bond donors (Lipinski definition) is 0. The predicted molar refractivity (Wildman–Crippen MR) is 67.4 cm³/mol. The van der Waals surface area contributed by atoms with Crippen molar-refractivity contribution >= 4 is 5.91 Å². The molecule has 1 aromatic heterocycles. The minimum Gasteiger partial charge on any atom is -0.341 e. The fourth-order valence-electron chi connectivity index (χ4n) is 2.16. The summed E-state index contributed by atoms with van der Waals surface area (Å²) in [6.45, 7) is 1.63. The molecule has 0 N–H and O–H groups in total. The van der Waals surface area contributed by atoms with Gasteiger partial charge in [0.15, 0.2) is 5.03 Å².